The van der Waals surface area contributed by atoms with Gasteiger partial charge in [0.15, 0.2) is 0 Å². The molecule has 2 atom stereocenters. The second-order valence-electron chi connectivity index (χ2n) is 5.06. The van der Waals surface area contributed by atoms with Crippen LogP contribution in [0, 0.1) is 11.3 Å². The largest absolute Gasteiger partial charge is 0.387 e. The fourth-order valence-corrected chi connectivity index (χ4v) is 4.30. The van der Waals surface area contributed by atoms with E-state index >= 15 is 0 Å². The maximum Gasteiger partial charge on any atom is 0.0926 e. The molecule has 1 fully saturated rings. The highest BCUT2D eigenvalue weighted by Crippen LogP contribution is 2.50. The summed E-state index contributed by atoms with van der Waals surface area (Å²) in [5, 5.41) is 12.4. The second-order valence-corrected chi connectivity index (χ2v) is 6.87. The van der Waals surface area contributed by atoms with Gasteiger partial charge in [-0.1, -0.05) is 20.3 Å². The molecule has 0 radical (unpaired) electrons. The molecule has 2 unspecified atom stereocenters. The number of aliphatic hydroxyl groups is 1. The summed E-state index contributed by atoms with van der Waals surface area (Å²) < 4.78 is 1.06. The maximum absolute atomic E-state index is 10.4. The van der Waals surface area contributed by atoms with Gasteiger partial charge in [-0.25, -0.2) is 0 Å². The molecule has 15 heavy (non-hydrogen) atoms. The highest BCUT2D eigenvalue weighted by molar-refractivity contribution is 9.10. The molecular formula is C12H17BrOS. The third-order valence-corrected chi connectivity index (χ3v) is 5.58. The van der Waals surface area contributed by atoms with Gasteiger partial charge in [-0.3, -0.25) is 0 Å². The highest BCUT2D eigenvalue weighted by atomic mass is 79.9. The summed E-state index contributed by atoms with van der Waals surface area (Å²) in [5.74, 6) is 0.410. The molecule has 0 amide bonds. The first kappa shape index (κ1) is 11.6. The molecule has 1 aromatic heterocycles. The Balaban J connectivity index is 2.21. The monoisotopic (exact) mass is 288 g/mol. The molecule has 0 aliphatic heterocycles. The summed E-state index contributed by atoms with van der Waals surface area (Å²) in [7, 11) is 0. The van der Waals surface area contributed by atoms with E-state index in [2.05, 4.69) is 29.8 Å². The van der Waals surface area contributed by atoms with E-state index in [0.29, 0.717) is 5.92 Å². The summed E-state index contributed by atoms with van der Waals surface area (Å²) in [6, 6.07) is 2.02. The van der Waals surface area contributed by atoms with Crippen LogP contribution in [0.4, 0.5) is 0 Å². The van der Waals surface area contributed by atoms with Gasteiger partial charge in [-0.2, -0.15) is 0 Å². The molecule has 3 heteroatoms. The number of hydrogen-bond acceptors (Lipinski definition) is 2. The van der Waals surface area contributed by atoms with Gasteiger partial charge in [-0.05, 0) is 51.6 Å². The molecule has 1 N–H and O–H groups in total. The predicted molar refractivity (Wildman–Crippen MR) is 68.1 cm³/mol. The minimum Gasteiger partial charge on any atom is -0.387 e. The van der Waals surface area contributed by atoms with Crippen molar-refractivity contribution < 1.29 is 5.11 Å². The van der Waals surface area contributed by atoms with E-state index in [-0.39, 0.29) is 11.5 Å². The second kappa shape index (κ2) is 4.19. The van der Waals surface area contributed by atoms with Crippen LogP contribution in [0.3, 0.4) is 0 Å². The van der Waals surface area contributed by atoms with E-state index in [0.717, 1.165) is 15.8 Å². The average molecular weight is 289 g/mol. The molecule has 1 heterocycles. The van der Waals surface area contributed by atoms with Crippen molar-refractivity contribution in [3.05, 3.63) is 20.8 Å². The van der Waals surface area contributed by atoms with E-state index in [4.69, 9.17) is 0 Å². The van der Waals surface area contributed by atoms with E-state index in [9.17, 15) is 5.11 Å². The Morgan fingerprint density at radius 1 is 1.60 bits per heavy atom. The fourth-order valence-electron chi connectivity index (χ4n) is 2.64. The average Bonchev–Trinajstić information content (AvgIpc) is 2.70. The standard InChI is InChI=1S/C12H17BrOS/c1-12(2)6-3-4-8(12)10(14)11-9(13)5-7-15-11/h5,7-8,10,14H,3-4,6H2,1-2H3. The van der Waals surface area contributed by atoms with Crippen LogP contribution in [0.1, 0.15) is 44.1 Å². The Kier molecular flexibility index (Phi) is 3.25. The number of halogens is 1. The highest BCUT2D eigenvalue weighted by Gasteiger charge is 2.40. The van der Waals surface area contributed by atoms with Crippen molar-refractivity contribution in [1.82, 2.24) is 0 Å². The molecule has 84 valence electrons. The smallest absolute Gasteiger partial charge is 0.0926 e. The van der Waals surface area contributed by atoms with E-state index in [1.807, 2.05) is 11.4 Å². The number of rotatable bonds is 2. The van der Waals surface area contributed by atoms with Gasteiger partial charge < -0.3 is 5.11 Å². The Labute approximate surface area is 104 Å². The first-order valence-corrected chi connectivity index (χ1v) is 7.10. The topological polar surface area (TPSA) is 20.2 Å². The summed E-state index contributed by atoms with van der Waals surface area (Å²) in [4.78, 5) is 1.09. The van der Waals surface area contributed by atoms with Gasteiger partial charge in [0.25, 0.3) is 0 Å². The Bertz CT molecular complexity index is 345. The van der Waals surface area contributed by atoms with Crippen LogP contribution in [0.15, 0.2) is 15.9 Å². The third kappa shape index (κ3) is 2.15. The summed E-state index contributed by atoms with van der Waals surface area (Å²) in [5.41, 5.74) is 0.281. The van der Waals surface area contributed by atoms with Crippen molar-refractivity contribution in [2.24, 2.45) is 11.3 Å². The lowest BCUT2D eigenvalue weighted by atomic mass is 9.78. The SMILES string of the molecule is CC1(C)CCCC1C(O)c1sccc1Br. The molecule has 1 aromatic rings. The lowest BCUT2D eigenvalue weighted by Crippen LogP contribution is -2.23. The molecule has 0 saturated heterocycles. The molecule has 2 rings (SSSR count). The van der Waals surface area contributed by atoms with Crippen molar-refractivity contribution >= 4 is 27.3 Å². The zero-order valence-electron chi connectivity index (χ0n) is 9.16. The lowest BCUT2D eigenvalue weighted by molar-refractivity contribution is 0.0554. The van der Waals surface area contributed by atoms with E-state index < -0.39 is 0 Å². The van der Waals surface area contributed by atoms with Crippen LogP contribution in [-0.2, 0) is 0 Å². The number of aliphatic hydroxyl groups excluding tert-OH is 1. The lowest BCUT2D eigenvalue weighted by Gasteiger charge is -2.30. The zero-order chi connectivity index (χ0) is 11.1. The van der Waals surface area contributed by atoms with Crippen molar-refractivity contribution in [3.8, 4) is 0 Å². The van der Waals surface area contributed by atoms with Crippen molar-refractivity contribution in [3.63, 3.8) is 0 Å². The predicted octanol–water partition coefficient (Wildman–Crippen LogP) is 4.37. The Morgan fingerprint density at radius 3 is 2.80 bits per heavy atom. The molecule has 0 spiro atoms. The Morgan fingerprint density at radius 2 is 2.33 bits per heavy atom. The molecule has 1 aliphatic carbocycles. The van der Waals surface area contributed by atoms with Gasteiger partial charge in [0.05, 0.1) is 6.10 Å². The minimum atomic E-state index is -0.295. The van der Waals surface area contributed by atoms with Crippen LogP contribution >= 0.6 is 27.3 Å². The van der Waals surface area contributed by atoms with Gasteiger partial charge in [0.1, 0.15) is 0 Å². The number of hydrogen-bond donors (Lipinski definition) is 1. The zero-order valence-corrected chi connectivity index (χ0v) is 11.6. The van der Waals surface area contributed by atoms with E-state index in [1.54, 1.807) is 11.3 Å². The Hall–Kier alpha value is 0.140. The normalized spacial score (nSPS) is 26.8. The van der Waals surface area contributed by atoms with Crippen LogP contribution in [0.2, 0.25) is 0 Å². The van der Waals surface area contributed by atoms with Crippen molar-refractivity contribution in [1.29, 1.82) is 0 Å². The van der Waals surface area contributed by atoms with Crippen molar-refractivity contribution in [2.45, 2.75) is 39.2 Å². The van der Waals surface area contributed by atoms with Gasteiger partial charge >= 0.3 is 0 Å². The van der Waals surface area contributed by atoms with Crippen LogP contribution in [-0.4, -0.2) is 5.11 Å². The van der Waals surface area contributed by atoms with E-state index in [1.165, 1.54) is 12.8 Å². The first-order chi connectivity index (χ1) is 7.02. The van der Waals surface area contributed by atoms with Gasteiger partial charge in [-0.15, -0.1) is 11.3 Å². The van der Waals surface area contributed by atoms with Gasteiger partial charge in [0.2, 0.25) is 0 Å². The van der Waals surface area contributed by atoms with Crippen LogP contribution in [0.25, 0.3) is 0 Å². The third-order valence-electron chi connectivity index (χ3n) is 3.63. The minimum absolute atomic E-state index is 0.281. The number of thiophene rings is 1. The quantitative estimate of drug-likeness (QED) is 0.857. The molecule has 0 bridgehead atoms. The maximum atomic E-state index is 10.4. The molecule has 0 aromatic carbocycles. The molecular weight excluding hydrogens is 272 g/mol. The summed E-state index contributed by atoms with van der Waals surface area (Å²) in [6.07, 6.45) is 3.34. The first-order valence-electron chi connectivity index (χ1n) is 5.43. The summed E-state index contributed by atoms with van der Waals surface area (Å²) in [6.45, 7) is 4.55. The molecule has 1 aliphatic rings. The van der Waals surface area contributed by atoms with Crippen LogP contribution < -0.4 is 0 Å². The van der Waals surface area contributed by atoms with Crippen molar-refractivity contribution in [2.75, 3.05) is 0 Å². The molecule has 1 saturated carbocycles. The molecule has 1 nitrogen and oxygen atoms in total. The van der Waals surface area contributed by atoms with Gasteiger partial charge in [0, 0.05) is 9.35 Å². The fraction of sp³-hybridized carbons (Fsp3) is 0.667. The van der Waals surface area contributed by atoms with Crippen LogP contribution in [0.5, 0.6) is 0 Å². The summed E-state index contributed by atoms with van der Waals surface area (Å²) >= 11 is 5.15.